The van der Waals surface area contributed by atoms with Gasteiger partial charge in [-0.3, -0.25) is 9.10 Å². The van der Waals surface area contributed by atoms with Gasteiger partial charge in [0.25, 0.3) is 5.91 Å². The third-order valence-electron chi connectivity index (χ3n) is 6.91. The lowest BCUT2D eigenvalue weighted by Gasteiger charge is -2.27. The number of anilines is 1. The molecule has 1 saturated carbocycles. The lowest BCUT2D eigenvalue weighted by molar-refractivity contribution is 0.100. The first-order valence-electron chi connectivity index (χ1n) is 12.0. The summed E-state index contributed by atoms with van der Waals surface area (Å²) < 4.78 is 52.1. The molecule has 36 heavy (non-hydrogen) atoms. The van der Waals surface area contributed by atoms with Crippen molar-refractivity contribution in [3.8, 4) is 11.3 Å². The Bertz CT molecular complexity index is 1400. The van der Waals surface area contributed by atoms with Gasteiger partial charge in [0.15, 0.2) is 0 Å². The first kappa shape index (κ1) is 24.8. The largest absolute Gasteiger partial charge is 0.455 e. The van der Waals surface area contributed by atoms with Gasteiger partial charge in [-0.1, -0.05) is 12.8 Å². The predicted octanol–water partition coefficient (Wildman–Crippen LogP) is 3.57. The van der Waals surface area contributed by atoms with Gasteiger partial charge in [-0.25, -0.2) is 12.8 Å². The molecule has 1 aliphatic carbocycles. The van der Waals surface area contributed by atoms with Crippen LogP contribution in [0.4, 0.5) is 10.1 Å². The van der Waals surface area contributed by atoms with E-state index in [1.54, 1.807) is 12.1 Å². The summed E-state index contributed by atoms with van der Waals surface area (Å²) in [5.41, 5.74) is 7.96. The maximum Gasteiger partial charge on any atom is 0.454 e. The van der Waals surface area contributed by atoms with Gasteiger partial charge in [0.2, 0.25) is 10.0 Å². The van der Waals surface area contributed by atoms with Gasteiger partial charge in [0.05, 0.1) is 17.5 Å². The van der Waals surface area contributed by atoms with Gasteiger partial charge in [-0.2, -0.15) is 0 Å². The number of hydrogen-bond donors (Lipinski definition) is 2. The zero-order valence-corrected chi connectivity index (χ0v) is 20.8. The predicted molar refractivity (Wildman–Crippen MR) is 136 cm³/mol. The van der Waals surface area contributed by atoms with Crippen molar-refractivity contribution < 1.29 is 31.7 Å². The smallest absolute Gasteiger partial charge is 0.454 e. The van der Waals surface area contributed by atoms with Gasteiger partial charge in [-0.15, -0.1) is 0 Å². The fourth-order valence-electron chi connectivity index (χ4n) is 4.87. The number of furan rings is 1. The Kier molecular flexibility index (Phi) is 6.56. The quantitative estimate of drug-likeness (QED) is 0.421. The summed E-state index contributed by atoms with van der Waals surface area (Å²) in [6.45, 7) is 0.403. The zero-order chi connectivity index (χ0) is 25.6. The number of rotatable bonds is 9. The van der Waals surface area contributed by atoms with Crippen LogP contribution in [0.5, 0.6) is 0 Å². The molecule has 8 nitrogen and oxygen atoms in total. The number of nitrogens with zero attached hydrogens (tertiary/aromatic N) is 1. The lowest BCUT2D eigenvalue weighted by atomic mass is 9.82. The molecule has 2 fully saturated rings. The molecule has 1 aromatic heterocycles. The number of fused-ring (bicyclic) bond motifs is 1. The fraction of sp³-hybridized carbons (Fsp3) is 0.400. The van der Waals surface area contributed by atoms with E-state index < -0.39 is 28.9 Å². The van der Waals surface area contributed by atoms with Crippen molar-refractivity contribution in [2.75, 3.05) is 23.7 Å². The first-order valence-corrected chi connectivity index (χ1v) is 13.9. The number of carbonyl (C=O) groups excluding carboxylic acids is 1. The fourth-order valence-corrected chi connectivity index (χ4v) is 5.88. The van der Waals surface area contributed by atoms with E-state index in [9.17, 15) is 22.6 Å². The maximum absolute atomic E-state index is 13.5. The van der Waals surface area contributed by atoms with Crippen LogP contribution in [0.3, 0.4) is 0 Å². The SMILES string of the molecule is CS(=O)(=O)N(CC1COB(O)C1)c1cc2oc(-c3ccc(F)cc3)c(C(N)=O)c2cc1CCC1CC1. The highest BCUT2D eigenvalue weighted by Crippen LogP contribution is 2.40. The van der Waals surface area contributed by atoms with Crippen LogP contribution in [-0.4, -0.2) is 45.9 Å². The molecule has 0 radical (unpaired) electrons. The third-order valence-corrected chi connectivity index (χ3v) is 8.06. The number of primary amides is 1. The van der Waals surface area contributed by atoms with Crippen LogP contribution in [0, 0.1) is 17.7 Å². The summed E-state index contributed by atoms with van der Waals surface area (Å²) in [7, 11) is -4.60. The Labute approximate surface area is 209 Å². The number of amides is 1. The molecule has 0 spiro atoms. The molecular formula is C25H28BFN2O6S. The topological polar surface area (TPSA) is 123 Å². The van der Waals surface area contributed by atoms with Crippen LogP contribution in [0.2, 0.25) is 6.32 Å². The molecule has 2 aromatic carbocycles. The number of benzene rings is 2. The van der Waals surface area contributed by atoms with E-state index in [4.69, 9.17) is 14.8 Å². The van der Waals surface area contributed by atoms with Crippen LogP contribution in [0.1, 0.15) is 35.2 Å². The van der Waals surface area contributed by atoms with E-state index >= 15 is 0 Å². The second kappa shape index (κ2) is 9.53. The van der Waals surface area contributed by atoms with Gasteiger partial charge >= 0.3 is 7.12 Å². The molecule has 3 aromatic rings. The number of halogens is 1. The average Bonchev–Trinajstić information content (AvgIpc) is 3.43. The van der Waals surface area contributed by atoms with Gasteiger partial charge < -0.3 is 19.8 Å². The molecule has 1 amide bonds. The monoisotopic (exact) mass is 514 g/mol. The van der Waals surface area contributed by atoms with Crippen LogP contribution >= 0.6 is 0 Å². The molecule has 3 N–H and O–H groups in total. The molecule has 2 heterocycles. The van der Waals surface area contributed by atoms with Crippen LogP contribution < -0.4 is 10.0 Å². The van der Waals surface area contributed by atoms with Crippen molar-refractivity contribution in [1.29, 1.82) is 0 Å². The van der Waals surface area contributed by atoms with Crippen molar-refractivity contribution in [2.45, 2.75) is 32.0 Å². The summed E-state index contributed by atoms with van der Waals surface area (Å²) in [5.74, 6) is -0.473. The normalized spacial score (nSPS) is 18.2. The Balaban J connectivity index is 1.65. The van der Waals surface area contributed by atoms with Crippen molar-refractivity contribution in [2.24, 2.45) is 17.6 Å². The first-order chi connectivity index (χ1) is 17.1. The summed E-state index contributed by atoms with van der Waals surface area (Å²) in [5, 5.41) is 10.3. The average molecular weight is 514 g/mol. The second-order valence-corrected chi connectivity index (χ2v) is 11.7. The minimum Gasteiger partial charge on any atom is -0.455 e. The maximum atomic E-state index is 13.5. The second-order valence-electron chi connectivity index (χ2n) is 9.82. The molecule has 1 atom stereocenters. The van der Waals surface area contributed by atoms with E-state index in [1.807, 2.05) is 0 Å². The minimum atomic E-state index is -3.69. The molecule has 5 rings (SSSR count). The Morgan fingerprint density at radius 3 is 2.53 bits per heavy atom. The highest BCUT2D eigenvalue weighted by Gasteiger charge is 2.34. The van der Waals surface area contributed by atoms with Crippen LogP contribution in [-0.2, 0) is 21.1 Å². The molecule has 0 bridgehead atoms. The summed E-state index contributed by atoms with van der Waals surface area (Å²) in [6, 6.07) is 8.98. The summed E-state index contributed by atoms with van der Waals surface area (Å²) >= 11 is 0. The van der Waals surface area contributed by atoms with E-state index in [0.29, 0.717) is 40.9 Å². The number of carbonyl (C=O) groups is 1. The number of hydrogen-bond acceptors (Lipinski definition) is 6. The number of aryl methyl sites for hydroxylation is 1. The van der Waals surface area contributed by atoms with Gasteiger partial charge in [-0.05, 0) is 66.9 Å². The highest BCUT2D eigenvalue weighted by atomic mass is 32.2. The molecular weight excluding hydrogens is 486 g/mol. The molecule has 1 unspecified atom stereocenters. The van der Waals surface area contributed by atoms with E-state index in [2.05, 4.69) is 0 Å². The number of sulfonamides is 1. The standard InChI is InChI=1S/C25H28BFN2O6S/c1-36(32,33)29(13-16-12-26(31)34-14-16)21-11-22-20(10-18(21)5-4-15-2-3-15)23(25(28)30)24(35-22)17-6-8-19(27)9-7-17/h6-11,15-16,31H,2-5,12-14H2,1H3,(H2,28,30). The molecule has 1 aliphatic heterocycles. The molecule has 11 heteroatoms. The van der Waals surface area contributed by atoms with Crippen molar-refractivity contribution >= 4 is 39.7 Å². The van der Waals surface area contributed by atoms with E-state index in [1.165, 1.54) is 28.6 Å². The Hall–Kier alpha value is -2.89. The van der Waals surface area contributed by atoms with Gasteiger partial charge in [0.1, 0.15) is 17.2 Å². The summed E-state index contributed by atoms with van der Waals surface area (Å²) in [6.07, 6.45) is 5.31. The third kappa shape index (κ3) is 5.14. The van der Waals surface area contributed by atoms with Crippen LogP contribution in [0.15, 0.2) is 40.8 Å². The highest BCUT2D eigenvalue weighted by molar-refractivity contribution is 7.92. The number of nitrogens with two attached hydrogens (primary N) is 1. The molecule has 190 valence electrons. The molecule has 2 aliphatic rings. The van der Waals surface area contributed by atoms with Crippen molar-refractivity contribution in [3.05, 3.63) is 53.3 Å². The lowest BCUT2D eigenvalue weighted by Crippen LogP contribution is -2.35. The zero-order valence-electron chi connectivity index (χ0n) is 19.9. The van der Waals surface area contributed by atoms with E-state index in [0.717, 1.165) is 31.1 Å². The molecule has 1 saturated heterocycles. The summed E-state index contributed by atoms with van der Waals surface area (Å²) in [4.78, 5) is 12.5. The Morgan fingerprint density at radius 1 is 1.22 bits per heavy atom. The van der Waals surface area contributed by atoms with E-state index in [-0.39, 0.29) is 30.4 Å². The van der Waals surface area contributed by atoms with Crippen LogP contribution in [0.25, 0.3) is 22.3 Å². The van der Waals surface area contributed by atoms with Gasteiger partial charge in [0, 0.05) is 30.2 Å². The van der Waals surface area contributed by atoms with Crippen molar-refractivity contribution in [3.63, 3.8) is 0 Å². The Morgan fingerprint density at radius 2 is 1.94 bits per heavy atom. The minimum absolute atomic E-state index is 0.145. The van der Waals surface area contributed by atoms with Crippen molar-refractivity contribution in [1.82, 2.24) is 0 Å².